The van der Waals surface area contributed by atoms with E-state index in [1.165, 1.54) is 5.69 Å². The lowest BCUT2D eigenvalue weighted by Gasteiger charge is -2.29. The Labute approximate surface area is 138 Å². The van der Waals surface area contributed by atoms with Crippen molar-refractivity contribution in [2.75, 3.05) is 0 Å². The predicted octanol–water partition coefficient (Wildman–Crippen LogP) is 3.59. The standard InChI is InChI=1S/C17H30N4O2/c1-11(2)14-10-15(20-19-14)12-6-8-13(9-7-12)18-21-16(22)23-17(3,4)5/h10-13,18H,6-9H2,1-5H3,(H,19,20)(H,21,22). The fourth-order valence-corrected chi connectivity index (χ4v) is 2.87. The summed E-state index contributed by atoms with van der Waals surface area (Å²) >= 11 is 0. The molecule has 3 N–H and O–H groups in total. The van der Waals surface area contributed by atoms with Crippen LogP contribution in [0.15, 0.2) is 6.07 Å². The molecule has 1 fully saturated rings. The zero-order valence-corrected chi connectivity index (χ0v) is 14.9. The SMILES string of the molecule is CC(C)c1cc(C2CCC(NNC(=O)OC(C)(C)C)CC2)[nH]n1. The number of hydrazine groups is 1. The molecule has 1 amide bonds. The molecule has 0 unspecified atom stereocenters. The van der Waals surface area contributed by atoms with E-state index in [0.29, 0.717) is 17.9 Å². The second-order valence-electron chi connectivity index (χ2n) is 7.72. The largest absolute Gasteiger partial charge is 0.443 e. The summed E-state index contributed by atoms with van der Waals surface area (Å²) in [6.07, 6.45) is 3.81. The van der Waals surface area contributed by atoms with E-state index in [-0.39, 0.29) is 0 Å². The Morgan fingerprint density at radius 1 is 1.30 bits per heavy atom. The summed E-state index contributed by atoms with van der Waals surface area (Å²) in [6, 6.07) is 2.49. The fourth-order valence-electron chi connectivity index (χ4n) is 2.87. The van der Waals surface area contributed by atoms with E-state index in [2.05, 4.69) is 41.0 Å². The van der Waals surface area contributed by atoms with Gasteiger partial charge in [-0.15, -0.1) is 0 Å². The smallest absolute Gasteiger partial charge is 0.422 e. The van der Waals surface area contributed by atoms with Gasteiger partial charge in [-0.25, -0.2) is 10.2 Å². The average Bonchev–Trinajstić information content (AvgIpc) is 2.94. The molecule has 0 atom stereocenters. The summed E-state index contributed by atoms with van der Waals surface area (Å²) in [6.45, 7) is 9.88. The van der Waals surface area contributed by atoms with E-state index in [1.807, 2.05) is 20.8 Å². The number of carbonyl (C=O) groups excluding carboxylic acids is 1. The van der Waals surface area contributed by atoms with Crippen molar-refractivity contribution in [3.05, 3.63) is 17.5 Å². The van der Waals surface area contributed by atoms with Crippen molar-refractivity contribution in [2.24, 2.45) is 0 Å². The molecule has 6 heteroatoms. The Hall–Kier alpha value is -1.56. The van der Waals surface area contributed by atoms with Crippen molar-refractivity contribution in [1.82, 2.24) is 21.0 Å². The van der Waals surface area contributed by atoms with Crippen LogP contribution in [0.2, 0.25) is 0 Å². The van der Waals surface area contributed by atoms with E-state index in [4.69, 9.17) is 4.74 Å². The number of rotatable bonds is 4. The fraction of sp³-hybridized carbons (Fsp3) is 0.765. The van der Waals surface area contributed by atoms with Gasteiger partial charge in [-0.3, -0.25) is 10.5 Å². The van der Waals surface area contributed by atoms with Crippen LogP contribution in [-0.2, 0) is 4.74 Å². The molecule has 6 nitrogen and oxygen atoms in total. The highest BCUT2D eigenvalue weighted by Crippen LogP contribution is 2.32. The molecule has 1 aromatic heterocycles. The van der Waals surface area contributed by atoms with Crippen molar-refractivity contribution in [2.45, 2.75) is 83.8 Å². The lowest BCUT2D eigenvalue weighted by Crippen LogP contribution is -2.47. The van der Waals surface area contributed by atoms with Crippen LogP contribution in [0.3, 0.4) is 0 Å². The molecule has 0 aliphatic heterocycles. The Balaban J connectivity index is 1.74. The maximum Gasteiger partial charge on any atom is 0.422 e. The van der Waals surface area contributed by atoms with Crippen molar-refractivity contribution in [3.8, 4) is 0 Å². The highest BCUT2D eigenvalue weighted by atomic mass is 16.6. The number of H-pyrrole nitrogens is 1. The Kier molecular flexibility index (Phi) is 5.68. The molecule has 0 spiro atoms. The lowest BCUT2D eigenvalue weighted by atomic mass is 9.84. The summed E-state index contributed by atoms with van der Waals surface area (Å²) in [4.78, 5) is 11.6. The summed E-state index contributed by atoms with van der Waals surface area (Å²) in [5.74, 6) is 0.991. The number of hydrogen-bond donors (Lipinski definition) is 3. The highest BCUT2D eigenvalue weighted by Gasteiger charge is 2.25. The van der Waals surface area contributed by atoms with E-state index >= 15 is 0 Å². The van der Waals surface area contributed by atoms with E-state index in [9.17, 15) is 4.79 Å². The molecular formula is C17H30N4O2. The molecule has 0 saturated heterocycles. The Bertz CT molecular complexity index is 511. The van der Waals surface area contributed by atoms with Crippen LogP contribution in [0.5, 0.6) is 0 Å². The zero-order chi connectivity index (χ0) is 17.0. The van der Waals surface area contributed by atoms with Gasteiger partial charge in [-0.05, 0) is 58.4 Å². The molecule has 1 aliphatic carbocycles. The summed E-state index contributed by atoms with van der Waals surface area (Å²) in [7, 11) is 0. The predicted molar refractivity (Wildman–Crippen MR) is 90.2 cm³/mol. The maximum absolute atomic E-state index is 11.6. The van der Waals surface area contributed by atoms with Gasteiger partial charge in [0.1, 0.15) is 5.60 Å². The second-order valence-corrected chi connectivity index (χ2v) is 7.72. The average molecular weight is 322 g/mol. The first-order valence-electron chi connectivity index (χ1n) is 8.54. The van der Waals surface area contributed by atoms with Gasteiger partial charge in [-0.2, -0.15) is 5.10 Å². The zero-order valence-electron chi connectivity index (χ0n) is 14.9. The molecule has 1 aromatic rings. The van der Waals surface area contributed by atoms with Crippen molar-refractivity contribution in [3.63, 3.8) is 0 Å². The van der Waals surface area contributed by atoms with Crippen LogP contribution in [0, 0.1) is 0 Å². The molecule has 1 heterocycles. The third-order valence-electron chi connectivity index (χ3n) is 4.15. The summed E-state index contributed by atoms with van der Waals surface area (Å²) < 4.78 is 5.22. The highest BCUT2D eigenvalue weighted by molar-refractivity contribution is 5.67. The first-order valence-corrected chi connectivity index (χ1v) is 8.54. The number of amides is 1. The molecule has 23 heavy (non-hydrogen) atoms. The van der Waals surface area contributed by atoms with Crippen molar-refractivity contribution in [1.29, 1.82) is 0 Å². The minimum atomic E-state index is -0.474. The first-order chi connectivity index (χ1) is 10.7. The van der Waals surface area contributed by atoms with Crippen LogP contribution < -0.4 is 10.9 Å². The number of nitrogens with zero attached hydrogens (tertiary/aromatic N) is 1. The molecule has 0 radical (unpaired) electrons. The van der Waals surface area contributed by atoms with Crippen LogP contribution in [0.25, 0.3) is 0 Å². The number of carbonyl (C=O) groups is 1. The molecule has 2 rings (SSSR count). The molecule has 0 aromatic carbocycles. The quantitative estimate of drug-likeness (QED) is 0.740. The van der Waals surface area contributed by atoms with Crippen molar-refractivity contribution >= 4 is 6.09 Å². The van der Waals surface area contributed by atoms with E-state index in [0.717, 1.165) is 31.4 Å². The number of aromatic amines is 1. The third kappa shape index (κ3) is 5.53. The first kappa shape index (κ1) is 17.8. The van der Waals surface area contributed by atoms with Gasteiger partial charge in [0, 0.05) is 17.7 Å². The summed E-state index contributed by atoms with van der Waals surface area (Å²) in [5, 5.41) is 7.58. The van der Waals surface area contributed by atoms with Gasteiger partial charge in [0.05, 0.1) is 5.69 Å². The van der Waals surface area contributed by atoms with Crippen LogP contribution in [0.1, 0.15) is 83.5 Å². The van der Waals surface area contributed by atoms with Crippen LogP contribution in [0.4, 0.5) is 4.79 Å². The topological polar surface area (TPSA) is 79.0 Å². The van der Waals surface area contributed by atoms with Gasteiger partial charge in [0.2, 0.25) is 0 Å². The van der Waals surface area contributed by atoms with E-state index < -0.39 is 11.7 Å². The normalized spacial score (nSPS) is 22.2. The third-order valence-corrected chi connectivity index (χ3v) is 4.15. The monoisotopic (exact) mass is 322 g/mol. The second kappa shape index (κ2) is 7.34. The number of hydrogen-bond acceptors (Lipinski definition) is 4. The minimum Gasteiger partial charge on any atom is -0.443 e. The summed E-state index contributed by atoms with van der Waals surface area (Å²) in [5.41, 5.74) is 7.64. The Morgan fingerprint density at radius 3 is 2.48 bits per heavy atom. The van der Waals surface area contributed by atoms with Crippen LogP contribution >= 0.6 is 0 Å². The van der Waals surface area contributed by atoms with E-state index in [1.54, 1.807) is 0 Å². The molecule has 1 aliphatic rings. The number of ether oxygens (including phenoxy) is 1. The van der Waals surface area contributed by atoms with Gasteiger partial charge in [0.25, 0.3) is 0 Å². The molecule has 0 bridgehead atoms. The van der Waals surface area contributed by atoms with Gasteiger partial charge >= 0.3 is 6.09 Å². The molecular weight excluding hydrogens is 292 g/mol. The van der Waals surface area contributed by atoms with Gasteiger partial charge < -0.3 is 4.74 Å². The molecule has 1 saturated carbocycles. The van der Waals surface area contributed by atoms with Gasteiger partial charge in [0.15, 0.2) is 0 Å². The van der Waals surface area contributed by atoms with Crippen LogP contribution in [-0.4, -0.2) is 27.9 Å². The minimum absolute atomic E-state index is 0.297. The maximum atomic E-state index is 11.6. The number of nitrogens with one attached hydrogen (secondary N) is 3. The van der Waals surface area contributed by atoms with Crippen molar-refractivity contribution < 1.29 is 9.53 Å². The lowest BCUT2D eigenvalue weighted by molar-refractivity contribution is 0.0481. The number of aromatic nitrogens is 2. The molecule has 130 valence electrons. The Morgan fingerprint density at radius 2 is 1.96 bits per heavy atom. The van der Waals surface area contributed by atoms with Gasteiger partial charge in [-0.1, -0.05) is 13.8 Å².